The Morgan fingerprint density at radius 3 is 2.44 bits per heavy atom. The van der Waals surface area contributed by atoms with Crippen molar-refractivity contribution >= 4 is 21.9 Å². The molecule has 0 atom stereocenters. The number of fused-ring (bicyclic) bond motifs is 3. The highest BCUT2D eigenvalue weighted by Gasteiger charge is 2.21. The molecule has 0 bridgehead atoms. The van der Waals surface area contributed by atoms with E-state index in [1.54, 1.807) is 6.33 Å². The van der Waals surface area contributed by atoms with E-state index in [0.29, 0.717) is 5.92 Å². The van der Waals surface area contributed by atoms with E-state index in [1.807, 2.05) is 41.1 Å². The summed E-state index contributed by atoms with van der Waals surface area (Å²) in [5, 5.41) is 6.79. The smallest absolute Gasteiger partial charge is 0.163 e. The zero-order valence-corrected chi connectivity index (χ0v) is 15.3. The van der Waals surface area contributed by atoms with Gasteiger partial charge >= 0.3 is 0 Å². The van der Waals surface area contributed by atoms with Gasteiger partial charge in [0.2, 0.25) is 0 Å². The summed E-state index contributed by atoms with van der Waals surface area (Å²) in [6.45, 7) is 4.40. The lowest BCUT2D eigenvalue weighted by Gasteiger charge is -2.15. The number of aromatic nitrogens is 3. The fourth-order valence-electron chi connectivity index (χ4n) is 3.70. The second kappa shape index (κ2) is 6.09. The molecule has 3 aromatic carbocycles. The summed E-state index contributed by atoms with van der Waals surface area (Å²) in [4.78, 5) is 4.56. The van der Waals surface area contributed by atoms with Crippen LogP contribution in [-0.4, -0.2) is 14.8 Å². The summed E-state index contributed by atoms with van der Waals surface area (Å²) in [6, 6.07) is 22.5. The van der Waals surface area contributed by atoms with E-state index < -0.39 is 0 Å². The molecule has 0 spiro atoms. The fraction of sp³-hybridized carbons (Fsp3) is 0.130. The molecular weight excluding hydrogens is 334 g/mol. The predicted molar refractivity (Wildman–Crippen MR) is 108 cm³/mol. The Morgan fingerprint density at radius 1 is 0.852 bits per heavy atom. The van der Waals surface area contributed by atoms with Crippen LogP contribution in [0.5, 0.6) is 0 Å². The number of hydrogen-bond acceptors (Lipinski definition) is 3. The molecule has 4 nitrogen and oxygen atoms in total. The first kappa shape index (κ1) is 15.8. The highest BCUT2D eigenvalue weighted by Crippen LogP contribution is 2.38. The lowest BCUT2D eigenvalue weighted by molar-refractivity contribution is 0.668. The molecule has 27 heavy (non-hydrogen) atoms. The van der Waals surface area contributed by atoms with Crippen molar-refractivity contribution in [3.63, 3.8) is 0 Å². The maximum atomic E-state index is 6.11. The number of para-hydroxylation sites is 1. The van der Waals surface area contributed by atoms with Gasteiger partial charge in [0.25, 0.3) is 0 Å². The summed E-state index contributed by atoms with van der Waals surface area (Å²) in [6.07, 6.45) is 1.62. The van der Waals surface area contributed by atoms with E-state index >= 15 is 0 Å². The molecule has 0 fully saturated rings. The Kier molecular flexibility index (Phi) is 3.57. The van der Waals surface area contributed by atoms with Crippen LogP contribution in [0.25, 0.3) is 39.0 Å². The average Bonchev–Trinajstić information content (AvgIpc) is 3.32. The van der Waals surface area contributed by atoms with Crippen LogP contribution in [0.1, 0.15) is 25.3 Å². The minimum atomic E-state index is 0.339. The van der Waals surface area contributed by atoms with Crippen LogP contribution in [0.3, 0.4) is 0 Å². The lowest BCUT2D eigenvalue weighted by Crippen LogP contribution is -2.05. The molecule has 0 aliphatic heterocycles. The molecule has 0 N–H and O–H groups in total. The van der Waals surface area contributed by atoms with Gasteiger partial charge in [0.1, 0.15) is 17.5 Å². The Balaban J connectivity index is 1.91. The third kappa shape index (κ3) is 2.45. The molecule has 0 aliphatic carbocycles. The van der Waals surface area contributed by atoms with Crippen LogP contribution in [-0.2, 0) is 0 Å². The Bertz CT molecular complexity index is 1250. The molecule has 2 aromatic heterocycles. The van der Waals surface area contributed by atoms with Crippen LogP contribution >= 0.6 is 0 Å². The summed E-state index contributed by atoms with van der Waals surface area (Å²) < 4.78 is 8.06. The van der Waals surface area contributed by atoms with Gasteiger partial charge in [-0.05, 0) is 23.6 Å². The molecule has 5 aromatic rings. The number of nitrogens with zero attached hydrogens (tertiary/aromatic N) is 3. The summed E-state index contributed by atoms with van der Waals surface area (Å²) in [5.41, 5.74) is 5.05. The molecule has 132 valence electrons. The van der Waals surface area contributed by atoms with E-state index in [1.165, 1.54) is 5.56 Å². The highest BCUT2D eigenvalue weighted by atomic mass is 16.3. The minimum Gasteiger partial charge on any atom is -0.456 e. The minimum absolute atomic E-state index is 0.339. The standard InChI is InChI=1S/C23H19N3O/c1-15(2)17-12-13-20-21(18-10-6-7-11-19(18)27-20)22(17)26-23(24-14-25-26)16-8-4-3-5-9-16/h3-15H,1-2H3. The van der Waals surface area contributed by atoms with Gasteiger partial charge in [-0.1, -0.05) is 68.4 Å². The summed E-state index contributed by atoms with van der Waals surface area (Å²) in [5.74, 6) is 1.17. The molecule has 0 radical (unpaired) electrons. The van der Waals surface area contributed by atoms with Crippen LogP contribution in [0.15, 0.2) is 77.5 Å². The Hall–Kier alpha value is -3.40. The van der Waals surface area contributed by atoms with Gasteiger partial charge in [0, 0.05) is 10.9 Å². The van der Waals surface area contributed by atoms with Crippen LogP contribution in [0.2, 0.25) is 0 Å². The third-order valence-corrected chi connectivity index (χ3v) is 4.96. The maximum Gasteiger partial charge on any atom is 0.163 e. The number of benzene rings is 3. The van der Waals surface area contributed by atoms with Crippen LogP contribution < -0.4 is 0 Å². The second-order valence-corrected chi connectivity index (χ2v) is 6.99. The van der Waals surface area contributed by atoms with Gasteiger partial charge in [-0.15, -0.1) is 0 Å². The number of hydrogen-bond donors (Lipinski definition) is 0. The molecule has 0 aliphatic rings. The van der Waals surface area contributed by atoms with E-state index in [2.05, 4.69) is 54.3 Å². The molecule has 2 heterocycles. The van der Waals surface area contributed by atoms with E-state index in [-0.39, 0.29) is 0 Å². The van der Waals surface area contributed by atoms with Gasteiger partial charge in [0.05, 0.1) is 11.1 Å². The average molecular weight is 353 g/mol. The van der Waals surface area contributed by atoms with Gasteiger partial charge in [0.15, 0.2) is 5.82 Å². The first-order valence-electron chi connectivity index (χ1n) is 9.14. The predicted octanol–water partition coefficient (Wildman–Crippen LogP) is 5.96. The second-order valence-electron chi connectivity index (χ2n) is 6.99. The first-order valence-corrected chi connectivity index (χ1v) is 9.14. The van der Waals surface area contributed by atoms with Crippen LogP contribution in [0, 0.1) is 0 Å². The summed E-state index contributed by atoms with van der Waals surface area (Å²) >= 11 is 0. The lowest BCUT2D eigenvalue weighted by atomic mass is 9.97. The third-order valence-electron chi connectivity index (χ3n) is 4.96. The number of furan rings is 1. The molecule has 0 amide bonds. The largest absolute Gasteiger partial charge is 0.456 e. The van der Waals surface area contributed by atoms with Crippen molar-refractivity contribution in [1.82, 2.24) is 14.8 Å². The molecule has 5 rings (SSSR count). The normalized spacial score (nSPS) is 11.7. The van der Waals surface area contributed by atoms with Crippen molar-refractivity contribution in [1.29, 1.82) is 0 Å². The van der Waals surface area contributed by atoms with Gasteiger partial charge in [-0.3, -0.25) is 0 Å². The van der Waals surface area contributed by atoms with E-state index in [9.17, 15) is 0 Å². The SMILES string of the molecule is CC(C)c1ccc2oc3ccccc3c2c1-n1ncnc1-c1ccccc1. The monoisotopic (exact) mass is 353 g/mol. The maximum absolute atomic E-state index is 6.11. The van der Waals surface area contributed by atoms with Gasteiger partial charge in [-0.25, -0.2) is 9.67 Å². The van der Waals surface area contributed by atoms with Crippen molar-refractivity contribution in [2.24, 2.45) is 0 Å². The van der Waals surface area contributed by atoms with Crippen molar-refractivity contribution in [2.45, 2.75) is 19.8 Å². The van der Waals surface area contributed by atoms with Crippen molar-refractivity contribution in [3.8, 4) is 17.1 Å². The van der Waals surface area contributed by atoms with Crippen LogP contribution in [0.4, 0.5) is 0 Å². The zero-order chi connectivity index (χ0) is 18.4. The summed E-state index contributed by atoms with van der Waals surface area (Å²) in [7, 11) is 0. The molecule has 0 unspecified atom stereocenters. The highest BCUT2D eigenvalue weighted by molar-refractivity contribution is 6.10. The van der Waals surface area contributed by atoms with Gasteiger partial charge < -0.3 is 4.42 Å². The number of rotatable bonds is 3. The van der Waals surface area contributed by atoms with Crippen molar-refractivity contribution < 1.29 is 4.42 Å². The molecule has 0 saturated heterocycles. The Morgan fingerprint density at radius 2 is 1.63 bits per heavy atom. The van der Waals surface area contributed by atoms with Crippen molar-refractivity contribution in [3.05, 3.63) is 78.6 Å². The topological polar surface area (TPSA) is 43.9 Å². The zero-order valence-electron chi connectivity index (χ0n) is 15.3. The molecule has 4 heteroatoms. The van der Waals surface area contributed by atoms with Gasteiger partial charge in [-0.2, -0.15) is 5.10 Å². The quantitative estimate of drug-likeness (QED) is 0.402. The molecular formula is C23H19N3O. The van der Waals surface area contributed by atoms with E-state index in [4.69, 9.17) is 4.42 Å². The first-order chi connectivity index (χ1) is 13.2. The Labute approximate surface area is 157 Å². The fourth-order valence-corrected chi connectivity index (χ4v) is 3.70. The molecule has 0 saturated carbocycles. The van der Waals surface area contributed by atoms with E-state index in [0.717, 1.165) is 39.0 Å². The van der Waals surface area contributed by atoms with Crippen molar-refractivity contribution in [2.75, 3.05) is 0 Å².